The lowest BCUT2D eigenvalue weighted by molar-refractivity contribution is -0.0186. The van der Waals surface area contributed by atoms with Gasteiger partial charge in [0.1, 0.15) is 6.29 Å². The molecule has 2 nitrogen and oxygen atoms in total. The first-order valence-corrected chi connectivity index (χ1v) is 12.3. The largest absolute Gasteiger partial charge is 0.400 e. The molecule has 0 spiro atoms. The molecule has 3 unspecified atom stereocenters. The van der Waals surface area contributed by atoms with Crippen molar-refractivity contribution in [2.75, 3.05) is 0 Å². The van der Waals surface area contributed by atoms with E-state index in [0.717, 1.165) is 6.42 Å². The summed E-state index contributed by atoms with van der Waals surface area (Å²) in [7, 11) is -1.97. The Balaban J connectivity index is 1.81. The molecule has 1 saturated heterocycles. The van der Waals surface area contributed by atoms with Crippen LogP contribution in [0.25, 0.3) is 0 Å². The molecule has 4 heteroatoms. The summed E-state index contributed by atoms with van der Waals surface area (Å²) in [4.78, 5) is 0. The van der Waals surface area contributed by atoms with Crippen molar-refractivity contribution in [3.05, 3.63) is 35.9 Å². The second-order valence-corrected chi connectivity index (χ2v) is 12.9. The van der Waals surface area contributed by atoms with Gasteiger partial charge >= 0.3 is 0 Å². The van der Waals surface area contributed by atoms with Gasteiger partial charge in [0.05, 0.1) is 0 Å². The lowest BCUT2D eigenvalue weighted by atomic mass is 9.98. The molecule has 0 aliphatic carbocycles. The molecule has 0 amide bonds. The first-order chi connectivity index (χ1) is 9.48. The van der Waals surface area contributed by atoms with Crippen molar-refractivity contribution in [1.29, 1.82) is 0 Å². The number of rotatable bonds is 5. The quantitative estimate of drug-likeness (QED) is 0.764. The lowest BCUT2D eigenvalue weighted by Gasteiger charge is -2.35. The highest BCUT2D eigenvalue weighted by Crippen LogP contribution is 2.30. The molecule has 0 bridgehead atoms. The minimum atomic E-state index is -1.42. The zero-order valence-electron chi connectivity index (χ0n) is 13.3. The summed E-state index contributed by atoms with van der Waals surface area (Å²) in [5, 5.41) is 0. The Morgan fingerprint density at radius 3 is 2.60 bits per heavy atom. The zero-order chi connectivity index (χ0) is 14.6. The van der Waals surface area contributed by atoms with Gasteiger partial charge in [0.15, 0.2) is 18.1 Å². The van der Waals surface area contributed by atoms with Gasteiger partial charge in [-0.1, -0.05) is 44.2 Å². The number of hydrogen-bond donors (Lipinski definition) is 0. The molecule has 0 saturated carbocycles. The third kappa shape index (κ3) is 4.55. The predicted octanol–water partition coefficient (Wildman–Crippen LogP) is 4.04. The van der Waals surface area contributed by atoms with E-state index in [2.05, 4.69) is 57.3 Å². The second-order valence-electron chi connectivity index (χ2n) is 6.71. The normalized spacial score (nSPS) is 25.7. The van der Waals surface area contributed by atoms with Crippen LogP contribution in [-0.2, 0) is 8.85 Å². The summed E-state index contributed by atoms with van der Waals surface area (Å²) in [6, 6.07) is 12.1. The summed E-state index contributed by atoms with van der Waals surface area (Å²) < 4.78 is 12.3. The van der Waals surface area contributed by atoms with E-state index in [1.807, 2.05) is 0 Å². The van der Waals surface area contributed by atoms with Gasteiger partial charge in [0.25, 0.3) is 0 Å². The average Bonchev–Trinajstić information content (AvgIpc) is 2.44. The molecule has 0 N–H and O–H groups in total. The zero-order valence-corrected chi connectivity index (χ0v) is 15.7. The van der Waals surface area contributed by atoms with Crippen LogP contribution in [0.1, 0.15) is 38.2 Å². The molecule has 1 aliphatic rings. The van der Waals surface area contributed by atoms with Crippen molar-refractivity contribution >= 4 is 18.1 Å². The third-order valence-electron chi connectivity index (χ3n) is 4.39. The first kappa shape index (κ1) is 16.0. The highest BCUT2D eigenvalue weighted by molar-refractivity contribution is 6.71. The van der Waals surface area contributed by atoms with Gasteiger partial charge in [0.2, 0.25) is 0 Å². The Bertz CT molecular complexity index is 408. The van der Waals surface area contributed by atoms with Crippen LogP contribution in [0.3, 0.4) is 0 Å². The summed E-state index contributed by atoms with van der Waals surface area (Å²) >= 11 is 0. The Hall–Kier alpha value is -0.426. The minimum absolute atomic E-state index is 0.0995. The Kier molecular flexibility index (Phi) is 5.60. The Labute approximate surface area is 127 Å². The van der Waals surface area contributed by atoms with Crippen molar-refractivity contribution in [2.45, 2.75) is 63.6 Å². The SMILES string of the molecule is CC([SiH2]OC1CCC[Si](C)(C)O1)C(C)c1ccccc1. The van der Waals surface area contributed by atoms with Crippen LogP contribution in [0.15, 0.2) is 30.3 Å². The van der Waals surface area contributed by atoms with E-state index in [4.69, 9.17) is 8.85 Å². The molecular weight excluding hydrogens is 280 g/mol. The van der Waals surface area contributed by atoms with E-state index in [1.165, 1.54) is 18.0 Å². The summed E-state index contributed by atoms with van der Waals surface area (Å²) in [6.07, 6.45) is 2.47. The maximum atomic E-state index is 6.17. The molecule has 0 aromatic heterocycles. The van der Waals surface area contributed by atoms with E-state index in [0.29, 0.717) is 11.5 Å². The van der Waals surface area contributed by atoms with Gasteiger partial charge in [0, 0.05) is 0 Å². The van der Waals surface area contributed by atoms with Gasteiger partial charge in [-0.25, -0.2) is 0 Å². The first-order valence-electron chi connectivity index (χ1n) is 7.82. The van der Waals surface area contributed by atoms with Crippen LogP contribution in [-0.4, -0.2) is 24.4 Å². The van der Waals surface area contributed by atoms with Crippen LogP contribution in [0.5, 0.6) is 0 Å². The topological polar surface area (TPSA) is 18.5 Å². The van der Waals surface area contributed by atoms with Crippen LogP contribution in [0, 0.1) is 0 Å². The van der Waals surface area contributed by atoms with Crippen molar-refractivity contribution in [1.82, 2.24) is 0 Å². The molecule has 1 aliphatic heterocycles. The van der Waals surface area contributed by atoms with Gasteiger partial charge < -0.3 is 8.85 Å². The van der Waals surface area contributed by atoms with Gasteiger partial charge in [-0.3, -0.25) is 0 Å². The van der Waals surface area contributed by atoms with Gasteiger partial charge in [-0.05, 0) is 49.0 Å². The van der Waals surface area contributed by atoms with Crippen molar-refractivity contribution in [2.24, 2.45) is 0 Å². The van der Waals surface area contributed by atoms with E-state index in [9.17, 15) is 0 Å². The Morgan fingerprint density at radius 2 is 1.95 bits per heavy atom. The van der Waals surface area contributed by atoms with Crippen LogP contribution < -0.4 is 0 Å². The molecule has 3 atom stereocenters. The Morgan fingerprint density at radius 1 is 1.25 bits per heavy atom. The lowest BCUT2D eigenvalue weighted by Crippen LogP contribution is -2.41. The van der Waals surface area contributed by atoms with Gasteiger partial charge in [-0.15, -0.1) is 0 Å². The molecule has 0 radical (unpaired) electrons. The summed E-state index contributed by atoms with van der Waals surface area (Å²) in [6.45, 7) is 9.26. The van der Waals surface area contributed by atoms with E-state index in [-0.39, 0.29) is 6.29 Å². The van der Waals surface area contributed by atoms with Gasteiger partial charge in [-0.2, -0.15) is 0 Å². The molecular formula is C16H28O2Si2. The van der Waals surface area contributed by atoms with Crippen molar-refractivity contribution in [3.63, 3.8) is 0 Å². The van der Waals surface area contributed by atoms with Crippen molar-refractivity contribution in [3.8, 4) is 0 Å². The fourth-order valence-corrected chi connectivity index (χ4v) is 6.29. The molecule has 1 aromatic rings. The molecule has 2 rings (SSSR count). The monoisotopic (exact) mass is 308 g/mol. The second kappa shape index (κ2) is 7.03. The van der Waals surface area contributed by atoms with Crippen LogP contribution in [0.2, 0.25) is 24.7 Å². The van der Waals surface area contributed by atoms with E-state index < -0.39 is 18.1 Å². The summed E-state index contributed by atoms with van der Waals surface area (Å²) in [5.41, 5.74) is 2.07. The maximum Gasteiger partial charge on any atom is 0.190 e. The fourth-order valence-electron chi connectivity index (χ4n) is 2.77. The van der Waals surface area contributed by atoms with E-state index >= 15 is 0 Å². The van der Waals surface area contributed by atoms with Crippen molar-refractivity contribution < 1.29 is 8.85 Å². The molecule has 1 aromatic carbocycles. The van der Waals surface area contributed by atoms with Crippen LogP contribution >= 0.6 is 0 Å². The third-order valence-corrected chi connectivity index (χ3v) is 8.65. The standard InChI is InChI=1S/C16H28O2Si2/c1-13(15-9-6-5-7-10-15)14(2)19-17-16-11-8-12-20(3,4)18-16/h5-7,9-10,13-14,16H,8,11-12,19H2,1-4H3. The number of hydrogen-bond acceptors (Lipinski definition) is 2. The molecule has 1 heterocycles. The smallest absolute Gasteiger partial charge is 0.190 e. The summed E-state index contributed by atoms with van der Waals surface area (Å²) in [5.74, 6) is 0.580. The molecule has 112 valence electrons. The highest BCUT2D eigenvalue weighted by atomic mass is 28.4. The van der Waals surface area contributed by atoms with E-state index in [1.54, 1.807) is 0 Å². The number of benzene rings is 1. The van der Waals surface area contributed by atoms with Crippen LogP contribution in [0.4, 0.5) is 0 Å². The molecule has 20 heavy (non-hydrogen) atoms. The fraction of sp³-hybridized carbons (Fsp3) is 0.625. The predicted molar refractivity (Wildman–Crippen MR) is 90.3 cm³/mol. The molecule has 1 fully saturated rings. The average molecular weight is 309 g/mol. The highest BCUT2D eigenvalue weighted by Gasteiger charge is 2.31. The maximum absolute atomic E-state index is 6.17. The minimum Gasteiger partial charge on any atom is -0.400 e.